The van der Waals surface area contributed by atoms with Crippen LogP contribution in [0.3, 0.4) is 0 Å². The molecule has 0 aromatic rings. The quantitative estimate of drug-likeness (QED) is 0.722. The minimum atomic E-state index is -0.549. The average molecular weight is 279 g/mol. The molecule has 0 spiro atoms. The summed E-state index contributed by atoms with van der Waals surface area (Å²) in [4.78, 5) is 31.0. The summed E-state index contributed by atoms with van der Waals surface area (Å²) in [6.07, 6.45) is 3.60. The van der Waals surface area contributed by atoms with E-state index >= 15 is 0 Å². The minimum Gasteiger partial charge on any atom is -0.310 e. The van der Waals surface area contributed by atoms with Gasteiger partial charge in [0.05, 0.1) is 0 Å². The average Bonchev–Trinajstić information content (AvgIpc) is 2.89. The molecule has 3 aliphatic rings. The molecule has 3 aliphatic heterocycles. The molecule has 3 saturated heterocycles. The molecule has 112 valence electrons. The van der Waals surface area contributed by atoms with Gasteiger partial charge in [0.15, 0.2) is 0 Å². The maximum absolute atomic E-state index is 12.7. The van der Waals surface area contributed by atoms with Crippen LogP contribution in [0.15, 0.2) is 0 Å². The van der Waals surface area contributed by atoms with Crippen LogP contribution in [0.4, 0.5) is 4.79 Å². The minimum absolute atomic E-state index is 0.0435. The molecule has 3 heterocycles. The van der Waals surface area contributed by atoms with Crippen molar-refractivity contribution in [1.82, 2.24) is 14.7 Å². The number of amides is 3. The van der Waals surface area contributed by atoms with E-state index < -0.39 is 5.54 Å². The molecule has 1 atom stereocenters. The molecular weight excluding hydrogens is 254 g/mol. The summed E-state index contributed by atoms with van der Waals surface area (Å²) in [6, 6.07) is 0.604. The molecule has 0 unspecified atom stereocenters. The second-order valence-electron chi connectivity index (χ2n) is 6.85. The van der Waals surface area contributed by atoms with Crippen molar-refractivity contribution in [3.05, 3.63) is 0 Å². The van der Waals surface area contributed by atoms with Crippen LogP contribution >= 0.6 is 0 Å². The van der Waals surface area contributed by atoms with Gasteiger partial charge in [-0.05, 0) is 46.5 Å². The Bertz CT molecular complexity index is 429. The van der Waals surface area contributed by atoms with Gasteiger partial charge in [-0.2, -0.15) is 0 Å². The number of hydrogen-bond donors (Lipinski definition) is 0. The van der Waals surface area contributed by atoms with E-state index in [2.05, 4.69) is 18.7 Å². The first-order valence-electron chi connectivity index (χ1n) is 7.84. The summed E-state index contributed by atoms with van der Waals surface area (Å²) in [7, 11) is 0. The van der Waals surface area contributed by atoms with E-state index in [0.29, 0.717) is 6.04 Å². The fraction of sp³-hybridized carbons (Fsp3) is 0.867. The van der Waals surface area contributed by atoms with Gasteiger partial charge in [0.1, 0.15) is 5.54 Å². The number of rotatable bonds is 2. The van der Waals surface area contributed by atoms with Crippen LogP contribution in [0, 0.1) is 0 Å². The number of piperidine rings is 1. The lowest BCUT2D eigenvalue weighted by Gasteiger charge is -2.37. The van der Waals surface area contributed by atoms with Crippen molar-refractivity contribution in [2.24, 2.45) is 0 Å². The molecule has 0 aromatic heterocycles. The molecule has 0 bridgehead atoms. The van der Waals surface area contributed by atoms with Crippen LogP contribution in [0.2, 0.25) is 0 Å². The summed E-state index contributed by atoms with van der Waals surface area (Å²) >= 11 is 0. The van der Waals surface area contributed by atoms with Crippen molar-refractivity contribution in [3.8, 4) is 0 Å². The molecular formula is C15H25N3O2. The van der Waals surface area contributed by atoms with Gasteiger partial charge in [-0.25, -0.2) is 4.79 Å². The van der Waals surface area contributed by atoms with E-state index in [1.165, 1.54) is 0 Å². The lowest BCUT2D eigenvalue weighted by Crippen LogP contribution is -2.50. The van der Waals surface area contributed by atoms with Crippen molar-refractivity contribution in [1.29, 1.82) is 0 Å². The molecule has 0 saturated carbocycles. The molecule has 3 amide bonds. The van der Waals surface area contributed by atoms with E-state index in [1.807, 2.05) is 6.92 Å². The van der Waals surface area contributed by atoms with Crippen LogP contribution in [0.1, 0.15) is 46.5 Å². The predicted octanol–water partition coefficient (Wildman–Crippen LogP) is 1.68. The lowest BCUT2D eigenvalue weighted by atomic mass is 9.97. The first-order chi connectivity index (χ1) is 9.45. The van der Waals surface area contributed by atoms with Crippen LogP contribution in [0.5, 0.6) is 0 Å². The number of imide groups is 1. The SMILES string of the molecule is CC(C)N1CCC(N2C(=O)N3CCC[C@@]3(C)C2=O)CC1. The molecule has 5 nitrogen and oxygen atoms in total. The molecule has 3 fully saturated rings. The summed E-state index contributed by atoms with van der Waals surface area (Å²) in [5.41, 5.74) is -0.549. The van der Waals surface area contributed by atoms with E-state index in [4.69, 9.17) is 0 Å². The molecule has 5 heteroatoms. The summed E-state index contributed by atoms with van der Waals surface area (Å²) in [5.74, 6) is 0.0444. The highest BCUT2D eigenvalue weighted by Gasteiger charge is 2.58. The van der Waals surface area contributed by atoms with Gasteiger partial charge in [0.25, 0.3) is 5.91 Å². The van der Waals surface area contributed by atoms with Gasteiger partial charge in [-0.1, -0.05) is 0 Å². The molecule has 0 radical (unpaired) electrons. The number of urea groups is 1. The van der Waals surface area contributed by atoms with Crippen molar-refractivity contribution in [2.45, 2.75) is 64.1 Å². The predicted molar refractivity (Wildman–Crippen MR) is 76.3 cm³/mol. The van der Waals surface area contributed by atoms with Crippen molar-refractivity contribution >= 4 is 11.9 Å². The van der Waals surface area contributed by atoms with Crippen LogP contribution in [0.25, 0.3) is 0 Å². The normalized spacial score (nSPS) is 32.6. The third kappa shape index (κ3) is 1.86. The van der Waals surface area contributed by atoms with Gasteiger partial charge in [-0.3, -0.25) is 9.69 Å². The van der Waals surface area contributed by atoms with Crippen LogP contribution in [-0.2, 0) is 4.79 Å². The molecule has 3 rings (SSSR count). The molecule has 20 heavy (non-hydrogen) atoms. The zero-order valence-corrected chi connectivity index (χ0v) is 12.8. The zero-order valence-electron chi connectivity index (χ0n) is 12.8. The van der Waals surface area contributed by atoms with Crippen molar-refractivity contribution < 1.29 is 9.59 Å². The van der Waals surface area contributed by atoms with Gasteiger partial charge in [0, 0.05) is 31.7 Å². The van der Waals surface area contributed by atoms with Gasteiger partial charge in [-0.15, -0.1) is 0 Å². The van der Waals surface area contributed by atoms with Crippen LogP contribution in [-0.4, -0.2) is 63.9 Å². The number of likely N-dealkylation sites (tertiary alicyclic amines) is 1. The standard InChI is InChI=1S/C15H25N3O2/c1-11(2)16-9-5-12(6-10-16)18-13(19)15(3)7-4-8-17(15)14(18)20/h11-12H,4-10H2,1-3H3/t15-/m0/s1. The van der Waals surface area contributed by atoms with Crippen molar-refractivity contribution in [3.63, 3.8) is 0 Å². The highest BCUT2D eigenvalue weighted by molar-refractivity contribution is 6.07. The number of carbonyl (C=O) groups excluding carboxylic acids is 2. The first-order valence-corrected chi connectivity index (χ1v) is 7.84. The fourth-order valence-corrected chi connectivity index (χ4v) is 3.95. The second kappa shape index (κ2) is 4.72. The van der Waals surface area contributed by atoms with E-state index in [-0.39, 0.29) is 18.0 Å². The van der Waals surface area contributed by atoms with Gasteiger partial charge < -0.3 is 9.80 Å². The van der Waals surface area contributed by atoms with Crippen LogP contribution < -0.4 is 0 Å². The van der Waals surface area contributed by atoms with E-state index in [0.717, 1.165) is 45.3 Å². The summed E-state index contributed by atoms with van der Waals surface area (Å²) in [6.45, 7) is 9.03. The number of fused-ring (bicyclic) bond motifs is 1. The summed E-state index contributed by atoms with van der Waals surface area (Å²) < 4.78 is 0. The van der Waals surface area contributed by atoms with Gasteiger partial charge in [0.2, 0.25) is 0 Å². The second-order valence-corrected chi connectivity index (χ2v) is 6.85. The highest BCUT2D eigenvalue weighted by atomic mass is 16.2. The molecule has 0 aliphatic carbocycles. The molecule has 0 aromatic carbocycles. The Labute approximate surface area is 120 Å². The Morgan fingerprint density at radius 2 is 1.80 bits per heavy atom. The Kier molecular flexibility index (Phi) is 3.27. The van der Waals surface area contributed by atoms with E-state index in [1.54, 1.807) is 9.80 Å². The van der Waals surface area contributed by atoms with Gasteiger partial charge >= 0.3 is 6.03 Å². The Balaban J connectivity index is 1.73. The highest BCUT2D eigenvalue weighted by Crippen LogP contribution is 2.39. The third-order valence-electron chi connectivity index (χ3n) is 5.35. The van der Waals surface area contributed by atoms with Crippen molar-refractivity contribution in [2.75, 3.05) is 19.6 Å². The first kappa shape index (κ1) is 13.9. The maximum Gasteiger partial charge on any atom is 0.327 e. The summed E-state index contributed by atoms with van der Waals surface area (Å²) in [5, 5.41) is 0. The maximum atomic E-state index is 12.7. The fourth-order valence-electron chi connectivity index (χ4n) is 3.95. The zero-order chi connectivity index (χ0) is 14.5. The largest absolute Gasteiger partial charge is 0.327 e. The van der Waals surface area contributed by atoms with E-state index in [9.17, 15) is 9.59 Å². The monoisotopic (exact) mass is 279 g/mol. The number of nitrogens with zero attached hydrogens (tertiary/aromatic N) is 3. The Morgan fingerprint density at radius 1 is 1.15 bits per heavy atom. The topological polar surface area (TPSA) is 43.9 Å². The number of carbonyl (C=O) groups is 2. The number of hydrogen-bond acceptors (Lipinski definition) is 3. The Morgan fingerprint density at radius 3 is 2.35 bits per heavy atom. The molecule has 0 N–H and O–H groups in total. The Hall–Kier alpha value is -1.10. The smallest absolute Gasteiger partial charge is 0.310 e. The lowest BCUT2D eigenvalue weighted by molar-refractivity contribution is -0.134. The third-order valence-corrected chi connectivity index (χ3v) is 5.35.